The normalized spacial score (nSPS) is 8.29. The van der Waals surface area contributed by atoms with Gasteiger partial charge in [-0.1, -0.05) is 12.8 Å². The molecule has 0 aromatic rings. The third-order valence-corrected chi connectivity index (χ3v) is 1.60. The number of carbonyl (C=O) groups is 2. The first kappa shape index (κ1) is 20.4. The number of carbonyl (C=O) groups excluding carboxylic acids is 2. The van der Waals surface area contributed by atoms with Gasteiger partial charge in [-0.25, -0.2) is 0 Å². The van der Waals surface area contributed by atoms with E-state index in [1.807, 2.05) is 0 Å². The van der Waals surface area contributed by atoms with E-state index in [9.17, 15) is 9.59 Å². The van der Waals surface area contributed by atoms with Crippen LogP contribution in [0.15, 0.2) is 0 Å². The molecule has 0 aliphatic carbocycles. The average Bonchev–Trinajstić information content (AvgIpc) is 1.95. The Labute approximate surface area is 129 Å². The fourth-order valence-corrected chi connectivity index (χ4v) is 0.952. The molecule has 0 rings (SSSR count). The Balaban J connectivity index is -0.000000605. The molecule has 0 unspecified atom stereocenters. The maximum atomic E-state index is 10.3. The second kappa shape index (κ2) is 13.9. The van der Waals surface area contributed by atoms with Crippen molar-refractivity contribution in [2.45, 2.75) is 38.5 Å². The molecule has 4 N–H and O–H groups in total. The molecule has 0 spiro atoms. The van der Waals surface area contributed by atoms with Crippen molar-refractivity contribution in [3.05, 3.63) is 0 Å². The van der Waals surface area contributed by atoms with Gasteiger partial charge < -0.3 is 11.5 Å². The minimum Gasteiger partial charge on any atom is -0.370 e. The van der Waals surface area contributed by atoms with E-state index >= 15 is 0 Å². The van der Waals surface area contributed by atoms with Gasteiger partial charge in [0.05, 0.1) is 0 Å². The van der Waals surface area contributed by atoms with E-state index in [0.29, 0.717) is 12.8 Å². The van der Waals surface area contributed by atoms with Crippen LogP contribution in [0.25, 0.3) is 0 Å². The standard InChI is InChI=1S/C8H16N2O2.2Na/c9-7(11)5-3-1-2-4-6-8(10)12;;/h1-6H2,(H2,9,11)(H2,10,12);;. The van der Waals surface area contributed by atoms with Gasteiger partial charge in [0.1, 0.15) is 0 Å². The van der Waals surface area contributed by atoms with Crippen molar-refractivity contribution in [3.63, 3.8) is 0 Å². The molecule has 0 aliphatic heterocycles. The number of unbranched alkanes of at least 4 members (excludes halogenated alkanes) is 3. The third-order valence-electron chi connectivity index (χ3n) is 1.60. The molecule has 0 atom stereocenters. The van der Waals surface area contributed by atoms with Crippen LogP contribution in [0.4, 0.5) is 0 Å². The summed E-state index contributed by atoms with van der Waals surface area (Å²) in [6.07, 6.45) is 4.39. The molecule has 2 radical (unpaired) electrons. The number of primary amides is 2. The predicted octanol–water partition coefficient (Wildman–Crippen LogP) is -0.464. The van der Waals surface area contributed by atoms with E-state index < -0.39 is 0 Å². The van der Waals surface area contributed by atoms with Crippen LogP contribution in [-0.4, -0.2) is 70.9 Å². The van der Waals surface area contributed by atoms with Gasteiger partial charge >= 0.3 is 0 Å². The number of rotatable bonds is 7. The molecule has 0 saturated heterocycles. The maximum absolute atomic E-state index is 10.3. The molecule has 0 aliphatic rings. The van der Waals surface area contributed by atoms with Crippen molar-refractivity contribution in [3.8, 4) is 0 Å². The Kier molecular flexibility index (Phi) is 20.3. The van der Waals surface area contributed by atoms with Crippen LogP contribution >= 0.6 is 0 Å². The van der Waals surface area contributed by atoms with Crippen LogP contribution < -0.4 is 11.5 Å². The van der Waals surface area contributed by atoms with Crippen LogP contribution in [0.1, 0.15) is 38.5 Å². The largest absolute Gasteiger partial charge is 0.370 e. The minimum absolute atomic E-state index is 0. The number of hydrogen-bond acceptors (Lipinski definition) is 2. The number of nitrogens with two attached hydrogens (primary N) is 2. The van der Waals surface area contributed by atoms with Crippen LogP contribution in [0, 0.1) is 0 Å². The van der Waals surface area contributed by atoms with Gasteiger partial charge in [0.15, 0.2) is 0 Å². The SMILES string of the molecule is NC(=O)CCCCCCC(N)=O.[Na].[Na]. The Morgan fingerprint density at radius 3 is 1.21 bits per heavy atom. The van der Waals surface area contributed by atoms with E-state index in [2.05, 4.69) is 0 Å². The smallest absolute Gasteiger partial charge is 0.217 e. The van der Waals surface area contributed by atoms with Crippen molar-refractivity contribution < 1.29 is 9.59 Å². The molecule has 14 heavy (non-hydrogen) atoms. The Morgan fingerprint density at radius 2 is 1.00 bits per heavy atom. The van der Waals surface area contributed by atoms with Gasteiger partial charge in [-0.05, 0) is 12.8 Å². The summed E-state index contributed by atoms with van der Waals surface area (Å²) >= 11 is 0. The van der Waals surface area contributed by atoms with E-state index in [0.717, 1.165) is 25.7 Å². The fraction of sp³-hybridized carbons (Fsp3) is 0.750. The van der Waals surface area contributed by atoms with Crippen molar-refractivity contribution in [2.24, 2.45) is 11.5 Å². The topological polar surface area (TPSA) is 86.2 Å². The molecule has 4 nitrogen and oxygen atoms in total. The van der Waals surface area contributed by atoms with Gasteiger partial charge in [0.2, 0.25) is 11.8 Å². The average molecular weight is 218 g/mol. The summed E-state index contributed by atoms with van der Waals surface area (Å²) in [6.45, 7) is 0. The van der Waals surface area contributed by atoms with E-state index in [-0.39, 0.29) is 70.9 Å². The van der Waals surface area contributed by atoms with Gasteiger partial charge in [-0.3, -0.25) is 9.59 Å². The Bertz CT molecular complexity index is 147. The minimum atomic E-state index is -0.259. The molecular weight excluding hydrogens is 202 g/mol. The molecule has 0 fully saturated rings. The molecule has 6 heteroatoms. The van der Waals surface area contributed by atoms with Gasteiger partial charge in [-0.15, -0.1) is 0 Å². The summed E-state index contributed by atoms with van der Waals surface area (Å²) in [4.78, 5) is 20.6. The fourth-order valence-electron chi connectivity index (χ4n) is 0.952. The Morgan fingerprint density at radius 1 is 0.714 bits per heavy atom. The maximum Gasteiger partial charge on any atom is 0.217 e. The molecule has 0 heterocycles. The first-order chi connectivity index (χ1) is 5.63. The predicted molar refractivity (Wildman–Crippen MR) is 57.6 cm³/mol. The molecule has 0 saturated carbocycles. The van der Waals surface area contributed by atoms with Crippen LogP contribution in [-0.2, 0) is 9.59 Å². The first-order valence-electron chi connectivity index (χ1n) is 4.19. The summed E-state index contributed by atoms with van der Waals surface area (Å²) in [5, 5.41) is 0. The van der Waals surface area contributed by atoms with E-state index in [1.54, 1.807) is 0 Å². The Hall–Kier alpha value is 0.940. The third kappa shape index (κ3) is 18.7. The van der Waals surface area contributed by atoms with Crippen molar-refractivity contribution >= 4 is 70.9 Å². The molecular formula is C8H16N2Na2O2. The summed E-state index contributed by atoms with van der Waals surface area (Å²) in [6, 6.07) is 0. The molecule has 72 valence electrons. The second-order valence-electron chi connectivity index (χ2n) is 2.85. The summed E-state index contributed by atoms with van der Waals surface area (Å²) in [5.74, 6) is -0.519. The van der Waals surface area contributed by atoms with Gasteiger partial charge in [0, 0.05) is 72.0 Å². The zero-order chi connectivity index (χ0) is 9.40. The molecule has 0 aromatic heterocycles. The van der Waals surface area contributed by atoms with Crippen LogP contribution in [0.3, 0.4) is 0 Å². The monoisotopic (exact) mass is 218 g/mol. The summed E-state index contributed by atoms with van der Waals surface area (Å²) in [5.41, 5.74) is 9.88. The first-order valence-corrected chi connectivity index (χ1v) is 4.19. The summed E-state index contributed by atoms with van der Waals surface area (Å²) in [7, 11) is 0. The molecule has 0 bridgehead atoms. The number of amides is 2. The number of hydrogen-bond donors (Lipinski definition) is 2. The van der Waals surface area contributed by atoms with E-state index in [1.165, 1.54) is 0 Å². The van der Waals surface area contributed by atoms with Gasteiger partial charge in [0.25, 0.3) is 0 Å². The van der Waals surface area contributed by atoms with E-state index in [4.69, 9.17) is 11.5 Å². The second-order valence-corrected chi connectivity index (χ2v) is 2.85. The van der Waals surface area contributed by atoms with Crippen molar-refractivity contribution in [1.82, 2.24) is 0 Å². The zero-order valence-electron chi connectivity index (χ0n) is 9.21. The van der Waals surface area contributed by atoms with Crippen molar-refractivity contribution in [1.29, 1.82) is 0 Å². The van der Waals surface area contributed by atoms with Crippen molar-refractivity contribution in [2.75, 3.05) is 0 Å². The zero-order valence-corrected chi connectivity index (χ0v) is 13.2. The molecule has 0 aromatic carbocycles. The quantitative estimate of drug-likeness (QED) is 0.447. The molecule has 2 amide bonds. The summed E-state index contributed by atoms with van der Waals surface area (Å²) < 4.78 is 0. The van der Waals surface area contributed by atoms with Crippen LogP contribution in [0.5, 0.6) is 0 Å². The van der Waals surface area contributed by atoms with Crippen LogP contribution in [0.2, 0.25) is 0 Å². The van der Waals surface area contributed by atoms with Gasteiger partial charge in [-0.2, -0.15) is 0 Å².